The average Bonchev–Trinajstić information content (AvgIpc) is 2.91. The van der Waals surface area contributed by atoms with Gasteiger partial charge in [0.2, 0.25) is 5.91 Å². The van der Waals surface area contributed by atoms with Crippen LogP contribution in [-0.2, 0) is 9.53 Å². The van der Waals surface area contributed by atoms with Gasteiger partial charge in [-0.05, 0) is 24.8 Å². The molecule has 1 aromatic carbocycles. The summed E-state index contributed by atoms with van der Waals surface area (Å²) in [7, 11) is 0. The molecule has 0 bridgehead atoms. The van der Waals surface area contributed by atoms with Crippen LogP contribution in [0.25, 0.3) is 0 Å². The third-order valence-corrected chi connectivity index (χ3v) is 4.62. The van der Waals surface area contributed by atoms with Crippen molar-refractivity contribution in [3.05, 3.63) is 35.9 Å². The monoisotopic (exact) mass is 324 g/mol. The molecule has 1 amide bonds. The number of nitrogens with zero attached hydrogens (tertiary/aromatic N) is 1. The summed E-state index contributed by atoms with van der Waals surface area (Å²) in [4.78, 5) is 14.3. The lowest BCUT2D eigenvalue weighted by molar-refractivity contribution is -0.134. The Kier molecular flexibility index (Phi) is 6.24. The molecule has 0 aromatic heterocycles. The molecule has 2 aliphatic heterocycles. The third-order valence-electron chi connectivity index (χ3n) is 4.62. The fourth-order valence-electron chi connectivity index (χ4n) is 3.38. The first-order valence-electron chi connectivity index (χ1n) is 7.94. The van der Waals surface area contributed by atoms with Crippen molar-refractivity contribution < 1.29 is 9.53 Å². The molecule has 2 N–H and O–H groups in total. The number of hydrogen-bond acceptors (Lipinski definition) is 3. The van der Waals surface area contributed by atoms with Crippen LogP contribution in [-0.4, -0.2) is 42.6 Å². The zero-order valence-corrected chi connectivity index (χ0v) is 13.6. The van der Waals surface area contributed by atoms with Gasteiger partial charge in [0, 0.05) is 31.7 Å². The maximum Gasteiger partial charge on any atom is 0.225 e. The van der Waals surface area contributed by atoms with Crippen LogP contribution in [0.5, 0.6) is 0 Å². The molecular weight excluding hydrogens is 300 g/mol. The van der Waals surface area contributed by atoms with Gasteiger partial charge in [0.25, 0.3) is 0 Å². The van der Waals surface area contributed by atoms with E-state index in [0.717, 1.165) is 26.0 Å². The smallest absolute Gasteiger partial charge is 0.225 e. The van der Waals surface area contributed by atoms with Gasteiger partial charge in [-0.3, -0.25) is 4.79 Å². The molecule has 2 saturated heterocycles. The van der Waals surface area contributed by atoms with Crippen molar-refractivity contribution >= 4 is 18.3 Å². The second kappa shape index (κ2) is 7.95. The molecule has 3 atom stereocenters. The van der Waals surface area contributed by atoms with Gasteiger partial charge in [-0.15, -0.1) is 12.4 Å². The van der Waals surface area contributed by atoms with Crippen molar-refractivity contribution in [3.63, 3.8) is 0 Å². The van der Waals surface area contributed by atoms with Crippen molar-refractivity contribution in [2.75, 3.05) is 19.7 Å². The molecule has 1 aromatic rings. The predicted molar refractivity (Wildman–Crippen MR) is 89.2 cm³/mol. The van der Waals surface area contributed by atoms with E-state index in [1.165, 1.54) is 12.0 Å². The van der Waals surface area contributed by atoms with E-state index in [0.29, 0.717) is 13.0 Å². The van der Waals surface area contributed by atoms with Gasteiger partial charge < -0.3 is 15.4 Å². The van der Waals surface area contributed by atoms with E-state index in [9.17, 15) is 4.79 Å². The molecule has 2 heterocycles. The Balaban J connectivity index is 0.00000176. The molecule has 0 aliphatic carbocycles. The number of ether oxygens (including phenoxy) is 1. The van der Waals surface area contributed by atoms with Gasteiger partial charge in [0.15, 0.2) is 0 Å². The van der Waals surface area contributed by atoms with Gasteiger partial charge in [0.1, 0.15) is 0 Å². The summed E-state index contributed by atoms with van der Waals surface area (Å²) in [5.41, 5.74) is 7.48. The van der Waals surface area contributed by atoms with Gasteiger partial charge in [-0.1, -0.05) is 30.3 Å². The Bertz CT molecular complexity index is 477. The Morgan fingerprint density at radius 3 is 2.68 bits per heavy atom. The van der Waals surface area contributed by atoms with Gasteiger partial charge >= 0.3 is 0 Å². The first-order chi connectivity index (χ1) is 10.2. The number of carbonyl (C=O) groups is 1. The molecule has 1 unspecified atom stereocenters. The fraction of sp³-hybridized carbons (Fsp3) is 0.588. The number of benzene rings is 1. The van der Waals surface area contributed by atoms with Crippen molar-refractivity contribution in [1.82, 2.24) is 4.90 Å². The molecule has 22 heavy (non-hydrogen) atoms. The molecule has 0 radical (unpaired) electrons. The second-order valence-corrected chi connectivity index (χ2v) is 6.17. The van der Waals surface area contributed by atoms with Gasteiger partial charge in [0.05, 0.1) is 12.5 Å². The van der Waals surface area contributed by atoms with E-state index in [2.05, 4.69) is 12.1 Å². The standard InChI is InChI=1S/C17H24N2O2.ClH/c18-16-12-19(11-15(16)13-6-2-1-3-7-13)17(20)10-14-8-4-5-9-21-14;/h1-3,6-7,14-16H,4-5,8-12,18H2;1H/t14?,15-,16+;/m0./s1. The minimum absolute atomic E-state index is 0. The number of rotatable bonds is 3. The van der Waals surface area contributed by atoms with Crippen LogP contribution in [0.1, 0.15) is 37.2 Å². The summed E-state index contributed by atoms with van der Waals surface area (Å²) in [6.07, 6.45) is 3.92. The van der Waals surface area contributed by atoms with E-state index >= 15 is 0 Å². The Hall–Kier alpha value is -1.10. The van der Waals surface area contributed by atoms with Crippen molar-refractivity contribution in [2.45, 2.75) is 43.7 Å². The highest BCUT2D eigenvalue weighted by Gasteiger charge is 2.34. The maximum atomic E-state index is 12.4. The number of likely N-dealkylation sites (tertiary alicyclic amines) is 1. The second-order valence-electron chi connectivity index (χ2n) is 6.17. The van der Waals surface area contributed by atoms with E-state index in [1.54, 1.807) is 0 Å². The zero-order valence-electron chi connectivity index (χ0n) is 12.8. The largest absolute Gasteiger partial charge is 0.378 e. The van der Waals surface area contributed by atoms with Crippen LogP contribution >= 0.6 is 12.4 Å². The molecule has 122 valence electrons. The van der Waals surface area contributed by atoms with Crippen molar-refractivity contribution in [2.24, 2.45) is 5.73 Å². The highest BCUT2D eigenvalue weighted by molar-refractivity contribution is 5.85. The van der Waals surface area contributed by atoms with E-state index < -0.39 is 0 Å². The first kappa shape index (κ1) is 17.3. The zero-order chi connectivity index (χ0) is 14.7. The number of halogens is 1. The molecule has 4 nitrogen and oxygen atoms in total. The van der Waals surface area contributed by atoms with Crippen LogP contribution in [0.15, 0.2) is 30.3 Å². The highest BCUT2D eigenvalue weighted by atomic mass is 35.5. The predicted octanol–water partition coefficient (Wildman–Crippen LogP) is 2.32. The number of amides is 1. The lowest BCUT2D eigenvalue weighted by Crippen LogP contribution is -2.35. The minimum atomic E-state index is 0. The van der Waals surface area contributed by atoms with Crippen LogP contribution in [0.3, 0.4) is 0 Å². The maximum absolute atomic E-state index is 12.4. The van der Waals surface area contributed by atoms with Crippen LogP contribution < -0.4 is 5.73 Å². The molecule has 2 fully saturated rings. The SMILES string of the molecule is Cl.N[C@@H]1CN(C(=O)CC2CCCCO2)C[C@H]1c1ccccc1. The van der Waals surface area contributed by atoms with E-state index in [1.807, 2.05) is 23.1 Å². The number of hydrogen-bond donors (Lipinski definition) is 1. The molecule has 0 saturated carbocycles. The summed E-state index contributed by atoms with van der Waals surface area (Å²) < 4.78 is 5.67. The van der Waals surface area contributed by atoms with Crippen LogP contribution in [0.4, 0.5) is 0 Å². The topological polar surface area (TPSA) is 55.6 Å². The summed E-state index contributed by atoms with van der Waals surface area (Å²) in [5, 5.41) is 0. The quantitative estimate of drug-likeness (QED) is 0.928. The van der Waals surface area contributed by atoms with Crippen molar-refractivity contribution in [1.29, 1.82) is 0 Å². The lowest BCUT2D eigenvalue weighted by Gasteiger charge is -2.24. The van der Waals surface area contributed by atoms with Crippen LogP contribution in [0.2, 0.25) is 0 Å². The molecule has 2 aliphatic rings. The van der Waals surface area contributed by atoms with E-state index in [-0.39, 0.29) is 36.4 Å². The average molecular weight is 325 g/mol. The minimum Gasteiger partial charge on any atom is -0.378 e. The number of carbonyl (C=O) groups excluding carboxylic acids is 1. The Morgan fingerprint density at radius 2 is 2.00 bits per heavy atom. The first-order valence-corrected chi connectivity index (χ1v) is 7.94. The molecule has 0 spiro atoms. The Morgan fingerprint density at radius 1 is 1.23 bits per heavy atom. The van der Waals surface area contributed by atoms with Crippen LogP contribution in [0, 0.1) is 0 Å². The normalized spacial score (nSPS) is 28.2. The molecular formula is C17H25ClN2O2. The molecule has 3 rings (SSSR count). The van der Waals surface area contributed by atoms with Gasteiger partial charge in [-0.2, -0.15) is 0 Å². The molecule has 5 heteroatoms. The third kappa shape index (κ3) is 4.00. The number of nitrogens with two attached hydrogens (primary N) is 1. The summed E-state index contributed by atoms with van der Waals surface area (Å²) in [6.45, 7) is 2.19. The van der Waals surface area contributed by atoms with E-state index in [4.69, 9.17) is 10.5 Å². The lowest BCUT2D eigenvalue weighted by atomic mass is 9.95. The van der Waals surface area contributed by atoms with Gasteiger partial charge in [-0.25, -0.2) is 0 Å². The van der Waals surface area contributed by atoms with Crippen molar-refractivity contribution in [3.8, 4) is 0 Å². The summed E-state index contributed by atoms with van der Waals surface area (Å²) in [6, 6.07) is 10.3. The summed E-state index contributed by atoms with van der Waals surface area (Å²) >= 11 is 0. The highest BCUT2D eigenvalue weighted by Crippen LogP contribution is 2.27. The summed E-state index contributed by atoms with van der Waals surface area (Å²) in [5.74, 6) is 0.443. The Labute approximate surface area is 138 Å². The fourth-order valence-corrected chi connectivity index (χ4v) is 3.38.